The second-order valence-electron chi connectivity index (χ2n) is 7.12. The number of likely N-dealkylation sites (tertiary alicyclic amines) is 1. The van der Waals surface area contributed by atoms with Crippen molar-refractivity contribution in [3.05, 3.63) is 40.3 Å². The lowest BCUT2D eigenvalue weighted by Crippen LogP contribution is -2.42. The Morgan fingerprint density at radius 2 is 2.20 bits per heavy atom. The smallest absolute Gasteiger partial charge is 0.271 e. The Bertz CT molecular complexity index is 748. The lowest BCUT2D eigenvalue weighted by molar-refractivity contribution is -0.130. The number of rotatable bonds is 4. The molecule has 1 aliphatic carbocycles. The summed E-state index contributed by atoms with van der Waals surface area (Å²) < 4.78 is 0. The predicted octanol–water partition coefficient (Wildman–Crippen LogP) is 2.51. The molecule has 1 aliphatic heterocycles. The van der Waals surface area contributed by atoms with Crippen LogP contribution in [0, 0.1) is 5.41 Å². The summed E-state index contributed by atoms with van der Waals surface area (Å²) in [6.07, 6.45) is 4.59. The van der Waals surface area contributed by atoms with Gasteiger partial charge in [0.15, 0.2) is 0 Å². The molecular weight excluding hydrogens is 336 g/mol. The van der Waals surface area contributed by atoms with Gasteiger partial charge in [0.05, 0.1) is 0 Å². The highest BCUT2D eigenvalue weighted by Crippen LogP contribution is 2.57. The summed E-state index contributed by atoms with van der Waals surface area (Å²) in [5.74, 6) is 0.162. The average Bonchev–Trinajstić information content (AvgIpc) is 3.07. The lowest BCUT2D eigenvalue weighted by atomic mass is 9.92. The molecule has 1 atom stereocenters. The standard InChI is InChI=1S/C18H22N4O2S/c1-13(23)22(11-14-3-9-25-12-14)16-10-18(16)4-7-21(8-5-18)17(24)15-2-6-19-20-15/h2-3,6,9,12,16H,4-5,7-8,10-11H2,1H3,(H,19,20). The number of hydrogen-bond acceptors (Lipinski definition) is 4. The maximum Gasteiger partial charge on any atom is 0.271 e. The Kier molecular flexibility index (Phi) is 4.11. The molecule has 1 N–H and O–H groups in total. The Balaban J connectivity index is 1.38. The fraction of sp³-hybridized carbons (Fsp3) is 0.500. The minimum atomic E-state index is 0.0197. The van der Waals surface area contributed by atoms with E-state index in [0.717, 1.165) is 32.4 Å². The third-order valence-corrected chi connectivity index (χ3v) is 6.37. The van der Waals surface area contributed by atoms with E-state index < -0.39 is 0 Å². The van der Waals surface area contributed by atoms with Crippen molar-refractivity contribution in [2.75, 3.05) is 13.1 Å². The number of piperidine rings is 1. The van der Waals surface area contributed by atoms with E-state index in [4.69, 9.17) is 0 Å². The molecule has 132 valence electrons. The van der Waals surface area contributed by atoms with Crippen molar-refractivity contribution in [2.45, 2.75) is 38.8 Å². The van der Waals surface area contributed by atoms with Crippen molar-refractivity contribution < 1.29 is 9.59 Å². The summed E-state index contributed by atoms with van der Waals surface area (Å²) in [5.41, 5.74) is 1.95. The van der Waals surface area contributed by atoms with Gasteiger partial charge in [-0.15, -0.1) is 0 Å². The number of carbonyl (C=O) groups excluding carboxylic acids is 2. The van der Waals surface area contributed by atoms with Gasteiger partial charge in [0.2, 0.25) is 5.91 Å². The molecule has 1 saturated carbocycles. The summed E-state index contributed by atoms with van der Waals surface area (Å²) in [5, 5.41) is 10.8. The van der Waals surface area contributed by atoms with Crippen LogP contribution in [0.15, 0.2) is 29.1 Å². The van der Waals surface area contributed by atoms with Crippen molar-refractivity contribution in [1.29, 1.82) is 0 Å². The number of carbonyl (C=O) groups is 2. The quantitative estimate of drug-likeness (QED) is 0.913. The maximum atomic E-state index is 12.4. The van der Waals surface area contributed by atoms with Gasteiger partial charge in [-0.25, -0.2) is 0 Å². The molecule has 1 unspecified atom stereocenters. The molecule has 0 radical (unpaired) electrons. The Hall–Kier alpha value is -2.15. The van der Waals surface area contributed by atoms with E-state index in [1.807, 2.05) is 9.80 Å². The van der Waals surface area contributed by atoms with Crippen LogP contribution in [0.25, 0.3) is 0 Å². The van der Waals surface area contributed by atoms with Crippen molar-refractivity contribution in [3.63, 3.8) is 0 Å². The topological polar surface area (TPSA) is 69.3 Å². The fourth-order valence-corrected chi connectivity index (χ4v) is 4.68. The molecule has 2 aromatic rings. The van der Waals surface area contributed by atoms with E-state index in [9.17, 15) is 9.59 Å². The van der Waals surface area contributed by atoms with Crippen molar-refractivity contribution in [1.82, 2.24) is 20.0 Å². The van der Waals surface area contributed by atoms with E-state index >= 15 is 0 Å². The van der Waals surface area contributed by atoms with Crippen molar-refractivity contribution in [2.24, 2.45) is 5.41 Å². The van der Waals surface area contributed by atoms with E-state index in [1.54, 1.807) is 30.5 Å². The zero-order valence-corrected chi connectivity index (χ0v) is 15.1. The van der Waals surface area contributed by atoms with Crippen LogP contribution in [0.3, 0.4) is 0 Å². The van der Waals surface area contributed by atoms with Gasteiger partial charge in [-0.3, -0.25) is 14.7 Å². The van der Waals surface area contributed by atoms with Crippen LogP contribution in [0.2, 0.25) is 0 Å². The third kappa shape index (κ3) is 3.08. The largest absolute Gasteiger partial charge is 0.337 e. The van der Waals surface area contributed by atoms with Crippen LogP contribution in [0.1, 0.15) is 42.2 Å². The minimum absolute atomic E-state index is 0.0197. The summed E-state index contributed by atoms with van der Waals surface area (Å²) in [6, 6.07) is 4.11. The van der Waals surface area contributed by atoms with E-state index in [0.29, 0.717) is 18.3 Å². The van der Waals surface area contributed by atoms with Gasteiger partial charge in [0.25, 0.3) is 5.91 Å². The van der Waals surface area contributed by atoms with Gasteiger partial charge in [0.1, 0.15) is 5.69 Å². The van der Waals surface area contributed by atoms with Crippen LogP contribution in [0.5, 0.6) is 0 Å². The van der Waals surface area contributed by atoms with Gasteiger partial charge in [-0.2, -0.15) is 16.4 Å². The molecule has 2 aromatic heterocycles. The maximum absolute atomic E-state index is 12.4. The number of H-pyrrole nitrogens is 1. The number of amides is 2. The summed E-state index contributed by atoms with van der Waals surface area (Å²) >= 11 is 1.66. The summed E-state index contributed by atoms with van der Waals surface area (Å²) in [6.45, 7) is 3.86. The molecule has 0 bridgehead atoms. The molecule has 25 heavy (non-hydrogen) atoms. The first-order chi connectivity index (χ1) is 12.1. The Morgan fingerprint density at radius 1 is 1.40 bits per heavy atom. The molecular formula is C18H22N4O2S. The first-order valence-electron chi connectivity index (χ1n) is 8.66. The van der Waals surface area contributed by atoms with E-state index in [2.05, 4.69) is 27.0 Å². The summed E-state index contributed by atoms with van der Waals surface area (Å²) in [4.78, 5) is 28.5. The number of aromatic nitrogens is 2. The van der Waals surface area contributed by atoms with Crippen molar-refractivity contribution in [3.8, 4) is 0 Å². The number of nitrogens with one attached hydrogen (secondary N) is 1. The molecule has 1 spiro atoms. The van der Waals surface area contributed by atoms with Gasteiger partial charge in [-0.1, -0.05) is 0 Å². The highest BCUT2D eigenvalue weighted by atomic mass is 32.1. The van der Waals surface area contributed by atoms with E-state index in [1.165, 1.54) is 5.56 Å². The predicted molar refractivity (Wildman–Crippen MR) is 95.1 cm³/mol. The average molecular weight is 358 g/mol. The fourth-order valence-electron chi connectivity index (χ4n) is 4.03. The molecule has 2 amide bonds. The first-order valence-corrected chi connectivity index (χ1v) is 9.60. The molecule has 7 heteroatoms. The Labute approximate surface area is 150 Å². The SMILES string of the molecule is CC(=O)N(Cc1ccsc1)C1CC12CCN(C(=O)c1ccn[nH]1)CC2. The number of aromatic amines is 1. The number of nitrogens with zero attached hydrogens (tertiary/aromatic N) is 3. The lowest BCUT2D eigenvalue weighted by Gasteiger charge is -2.34. The van der Waals surface area contributed by atoms with Crippen LogP contribution >= 0.6 is 11.3 Å². The molecule has 2 fully saturated rings. The van der Waals surface area contributed by atoms with E-state index in [-0.39, 0.29) is 17.2 Å². The molecule has 4 rings (SSSR count). The van der Waals surface area contributed by atoms with Gasteiger partial charge in [0, 0.05) is 38.8 Å². The van der Waals surface area contributed by atoms with Gasteiger partial charge in [-0.05, 0) is 53.1 Å². The highest BCUT2D eigenvalue weighted by Gasteiger charge is 2.58. The molecule has 2 aliphatic rings. The van der Waals surface area contributed by atoms with Crippen molar-refractivity contribution >= 4 is 23.2 Å². The monoisotopic (exact) mass is 358 g/mol. The zero-order valence-electron chi connectivity index (χ0n) is 14.3. The van der Waals surface area contributed by atoms with Crippen LogP contribution in [0.4, 0.5) is 0 Å². The molecule has 1 saturated heterocycles. The highest BCUT2D eigenvalue weighted by molar-refractivity contribution is 7.07. The minimum Gasteiger partial charge on any atom is -0.337 e. The van der Waals surface area contributed by atoms with Crippen LogP contribution < -0.4 is 0 Å². The zero-order chi connectivity index (χ0) is 17.4. The second kappa shape index (κ2) is 6.29. The number of thiophene rings is 1. The second-order valence-corrected chi connectivity index (χ2v) is 7.90. The van der Waals surface area contributed by atoms with Crippen LogP contribution in [-0.4, -0.2) is 50.9 Å². The van der Waals surface area contributed by atoms with Gasteiger partial charge >= 0.3 is 0 Å². The molecule has 3 heterocycles. The number of hydrogen-bond donors (Lipinski definition) is 1. The molecule has 6 nitrogen and oxygen atoms in total. The van der Waals surface area contributed by atoms with Gasteiger partial charge < -0.3 is 9.80 Å². The Morgan fingerprint density at radius 3 is 2.80 bits per heavy atom. The normalized spacial score (nSPS) is 21.3. The summed E-state index contributed by atoms with van der Waals surface area (Å²) in [7, 11) is 0. The third-order valence-electron chi connectivity index (χ3n) is 5.64. The van der Waals surface area contributed by atoms with Crippen LogP contribution in [-0.2, 0) is 11.3 Å². The molecule has 0 aromatic carbocycles. The first kappa shape index (κ1) is 16.3.